The molecule has 1 aliphatic heterocycles. The molecule has 2 fully saturated rings. The van der Waals surface area contributed by atoms with Gasteiger partial charge in [-0.25, -0.2) is 4.79 Å². The van der Waals surface area contributed by atoms with Crippen LogP contribution in [0.5, 0.6) is 5.75 Å². The molecule has 3 aromatic carbocycles. The standard InChI is InChI=1S/C42H52N4O7/c1-4-10-38(48)46-36(28-32-15-20-34(53-3)21-16-32)39(49)45(37(46)22-17-30-11-6-5-7-12-30)33-18-13-31(14-19-33)27-35(40(50)51)44-41(52)42(23-8-9-24-42)25-26-43-29(2)47/h5-7,11-16,18-21,35-37H,4,8-10,17,22-28H2,1-3H3,(H,43,47)(H,44,52)(H,50,51)/t35?,36-,37+/m1/s1. The molecule has 1 aliphatic carbocycles. The first-order chi connectivity index (χ1) is 25.5. The molecule has 11 nitrogen and oxygen atoms in total. The summed E-state index contributed by atoms with van der Waals surface area (Å²) < 4.78 is 5.33. The second-order valence-corrected chi connectivity index (χ2v) is 14.3. The van der Waals surface area contributed by atoms with Gasteiger partial charge in [-0.3, -0.25) is 24.1 Å². The lowest BCUT2D eigenvalue weighted by Crippen LogP contribution is -2.49. The molecule has 0 bridgehead atoms. The number of carbonyl (C=O) groups excluding carboxylic acids is 4. The van der Waals surface area contributed by atoms with Crippen molar-refractivity contribution >= 4 is 35.3 Å². The molecule has 11 heteroatoms. The number of anilines is 1. The predicted octanol–water partition coefficient (Wildman–Crippen LogP) is 5.44. The fourth-order valence-corrected chi connectivity index (χ4v) is 7.78. The Balaban J connectivity index is 1.39. The second kappa shape index (κ2) is 18.0. The lowest BCUT2D eigenvalue weighted by Gasteiger charge is -2.32. The topological polar surface area (TPSA) is 145 Å². The fraction of sp³-hybridized carbons (Fsp3) is 0.452. The third kappa shape index (κ3) is 9.63. The van der Waals surface area contributed by atoms with E-state index in [1.807, 2.05) is 61.5 Å². The zero-order valence-electron chi connectivity index (χ0n) is 31.0. The van der Waals surface area contributed by atoms with E-state index in [0.29, 0.717) is 74.9 Å². The van der Waals surface area contributed by atoms with Crippen molar-refractivity contribution in [3.8, 4) is 5.75 Å². The van der Waals surface area contributed by atoms with Gasteiger partial charge in [-0.2, -0.15) is 0 Å². The largest absolute Gasteiger partial charge is 0.497 e. The second-order valence-electron chi connectivity index (χ2n) is 14.3. The number of methoxy groups -OCH3 is 1. The number of carboxylic acid groups (broad SMARTS) is 1. The molecule has 3 aromatic rings. The van der Waals surface area contributed by atoms with Crippen LogP contribution in [0.15, 0.2) is 78.9 Å². The number of nitrogens with one attached hydrogen (secondary N) is 2. The van der Waals surface area contributed by atoms with Crippen molar-refractivity contribution in [2.24, 2.45) is 5.41 Å². The first-order valence-electron chi connectivity index (χ1n) is 18.7. The minimum absolute atomic E-state index is 0.0513. The van der Waals surface area contributed by atoms with Crippen LogP contribution in [-0.4, -0.2) is 71.5 Å². The van der Waals surface area contributed by atoms with Crippen LogP contribution in [0.25, 0.3) is 0 Å². The van der Waals surface area contributed by atoms with E-state index in [1.54, 1.807) is 41.2 Å². The van der Waals surface area contributed by atoms with Crippen LogP contribution < -0.4 is 20.3 Å². The zero-order chi connectivity index (χ0) is 38.0. The molecule has 0 radical (unpaired) electrons. The van der Waals surface area contributed by atoms with Crippen LogP contribution in [0.4, 0.5) is 5.69 Å². The van der Waals surface area contributed by atoms with E-state index in [4.69, 9.17) is 4.74 Å². The Morgan fingerprint density at radius 3 is 2.19 bits per heavy atom. The van der Waals surface area contributed by atoms with Crippen LogP contribution in [0.3, 0.4) is 0 Å². The highest BCUT2D eigenvalue weighted by molar-refractivity contribution is 6.03. The molecule has 4 amide bonds. The van der Waals surface area contributed by atoms with Crippen molar-refractivity contribution in [1.82, 2.24) is 15.5 Å². The van der Waals surface area contributed by atoms with E-state index in [1.165, 1.54) is 6.92 Å². The molecule has 3 atom stereocenters. The van der Waals surface area contributed by atoms with Gasteiger partial charge in [-0.05, 0) is 79.5 Å². The number of hydrogen-bond acceptors (Lipinski definition) is 6. The first kappa shape index (κ1) is 39.0. The third-order valence-electron chi connectivity index (χ3n) is 10.6. The molecule has 53 heavy (non-hydrogen) atoms. The van der Waals surface area contributed by atoms with Gasteiger partial charge in [0.2, 0.25) is 17.7 Å². The highest BCUT2D eigenvalue weighted by Crippen LogP contribution is 2.41. The molecule has 282 valence electrons. The number of carbonyl (C=O) groups is 5. The van der Waals surface area contributed by atoms with Crippen LogP contribution >= 0.6 is 0 Å². The molecule has 1 saturated carbocycles. The minimum Gasteiger partial charge on any atom is -0.497 e. The number of amides is 4. The van der Waals surface area contributed by atoms with Crippen molar-refractivity contribution in [3.63, 3.8) is 0 Å². The van der Waals surface area contributed by atoms with Gasteiger partial charge < -0.3 is 25.4 Å². The summed E-state index contributed by atoms with van der Waals surface area (Å²) >= 11 is 0. The lowest BCUT2D eigenvalue weighted by molar-refractivity contribution is -0.144. The molecule has 0 spiro atoms. The van der Waals surface area contributed by atoms with Crippen molar-refractivity contribution in [2.75, 3.05) is 18.6 Å². The van der Waals surface area contributed by atoms with Crippen LogP contribution in [0.1, 0.15) is 81.9 Å². The van der Waals surface area contributed by atoms with Crippen LogP contribution in [0.2, 0.25) is 0 Å². The summed E-state index contributed by atoms with van der Waals surface area (Å²) in [6.07, 6.45) is 5.51. The van der Waals surface area contributed by atoms with Gasteiger partial charge in [-0.15, -0.1) is 0 Å². The number of hydrogen-bond donors (Lipinski definition) is 3. The number of carboxylic acids is 1. The van der Waals surface area contributed by atoms with Crippen molar-refractivity contribution in [1.29, 1.82) is 0 Å². The van der Waals surface area contributed by atoms with E-state index in [2.05, 4.69) is 10.6 Å². The Morgan fingerprint density at radius 2 is 1.58 bits per heavy atom. The summed E-state index contributed by atoms with van der Waals surface area (Å²) in [4.78, 5) is 69.3. The Bertz CT molecular complexity index is 1720. The molecular weight excluding hydrogens is 672 g/mol. The summed E-state index contributed by atoms with van der Waals surface area (Å²) in [5.74, 6) is -1.15. The summed E-state index contributed by atoms with van der Waals surface area (Å²) in [6.45, 7) is 3.74. The number of rotatable bonds is 17. The minimum atomic E-state index is -1.16. The summed E-state index contributed by atoms with van der Waals surface area (Å²) in [6, 6.07) is 22.8. The summed E-state index contributed by atoms with van der Waals surface area (Å²) in [5, 5.41) is 15.7. The quantitative estimate of drug-likeness (QED) is 0.168. The van der Waals surface area contributed by atoms with Gasteiger partial charge >= 0.3 is 5.97 Å². The Kier molecular flexibility index (Phi) is 13.3. The average Bonchev–Trinajstić information content (AvgIpc) is 3.74. The molecule has 0 aromatic heterocycles. The molecule has 1 heterocycles. The Morgan fingerprint density at radius 1 is 0.925 bits per heavy atom. The SMILES string of the molecule is CCCC(=O)N1[C@H](Cc2ccc(OC)cc2)C(=O)N(c2ccc(CC(NC(=O)C3(CCNC(C)=O)CCCC3)C(=O)O)cc2)[C@@H]1CCc1ccccc1. The Labute approximate surface area is 312 Å². The van der Waals surface area contributed by atoms with Gasteiger partial charge in [0.15, 0.2) is 0 Å². The normalized spacial score (nSPS) is 18.4. The maximum atomic E-state index is 14.5. The first-order valence-corrected chi connectivity index (χ1v) is 18.7. The van der Waals surface area contributed by atoms with E-state index in [-0.39, 0.29) is 30.0 Å². The van der Waals surface area contributed by atoms with E-state index in [9.17, 15) is 29.1 Å². The summed E-state index contributed by atoms with van der Waals surface area (Å²) in [5.41, 5.74) is 2.60. The highest BCUT2D eigenvalue weighted by atomic mass is 16.5. The Hall–Kier alpha value is -5.19. The van der Waals surface area contributed by atoms with Gasteiger partial charge in [-0.1, -0.05) is 74.4 Å². The van der Waals surface area contributed by atoms with E-state index < -0.39 is 29.6 Å². The monoisotopic (exact) mass is 724 g/mol. The molecular formula is C42H52N4O7. The maximum Gasteiger partial charge on any atom is 0.326 e. The third-order valence-corrected chi connectivity index (χ3v) is 10.6. The molecule has 1 saturated heterocycles. The van der Waals surface area contributed by atoms with Crippen molar-refractivity contribution in [2.45, 2.75) is 103 Å². The molecule has 3 N–H and O–H groups in total. The van der Waals surface area contributed by atoms with Crippen molar-refractivity contribution in [3.05, 3.63) is 95.6 Å². The smallest absolute Gasteiger partial charge is 0.326 e. The van der Waals surface area contributed by atoms with E-state index in [0.717, 1.165) is 24.0 Å². The average molecular weight is 725 g/mol. The number of aliphatic carboxylic acids is 1. The molecule has 5 rings (SSSR count). The number of aryl methyl sites for hydroxylation is 1. The zero-order valence-corrected chi connectivity index (χ0v) is 31.0. The number of benzene rings is 3. The predicted molar refractivity (Wildman–Crippen MR) is 202 cm³/mol. The fourth-order valence-electron chi connectivity index (χ4n) is 7.78. The number of ether oxygens (including phenoxy) is 1. The highest BCUT2D eigenvalue weighted by Gasteiger charge is 2.48. The van der Waals surface area contributed by atoms with Gasteiger partial charge in [0.05, 0.1) is 12.5 Å². The van der Waals surface area contributed by atoms with E-state index >= 15 is 0 Å². The maximum absolute atomic E-state index is 14.5. The lowest BCUT2D eigenvalue weighted by atomic mass is 9.81. The number of nitrogens with zero attached hydrogens (tertiary/aromatic N) is 2. The molecule has 2 aliphatic rings. The molecule has 1 unspecified atom stereocenters. The van der Waals surface area contributed by atoms with Gasteiger partial charge in [0, 0.05) is 38.4 Å². The van der Waals surface area contributed by atoms with Gasteiger partial charge in [0.1, 0.15) is 24.0 Å². The van der Waals surface area contributed by atoms with Crippen molar-refractivity contribution < 1.29 is 33.8 Å². The van der Waals surface area contributed by atoms with Crippen LogP contribution in [-0.2, 0) is 43.2 Å². The summed E-state index contributed by atoms with van der Waals surface area (Å²) in [7, 11) is 1.60. The van der Waals surface area contributed by atoms with Crippen LogP contribution in [0, 0.1) is 5.41 Å². The van der Waals surface area contributed by atoms with Gasteiger partial charge in [0.25, 0.3) is 5.91 Å².